The molecule has 0 bridgehead atoms. The van der Waals surface area contributed by atoms with E-state index in [0.717, 1.165) is 5.69 Å². The first-order chi connectivity index (χ1) is 10.0. The van der Waals surface area contributed by atoms with Crippen LogP contribution < -0.4 is 14.2 Å². The van der Waals surface area contributed by atoms with Crippen molar-refractivity contribution in [2.75, 3.05) is 21.3 Å². The molecule has 0 aliphatic carbocycles. The molecule has 7 heteroatoms. The highest BCUT2D eigenvalue weighted by atomic mass is 79.9. The Morgan fingerprint density at radius 1 is 1.00 bits per heavy atom. The van der Waals surface area contributed by atoms with Gasteiger partial charge in [-0.25, -0.2) is 9.97 Å². The molecule has 2 aromatic rings. The molecule has 1 aromatic heterocycles. The van der Waals surface area contributed by atoms with Crippen LogP contribution in [-0.4, -0.2) is 31.3 Å². The molecule has 5 nitrogen and oxygen atoms in total. The highest BCUT2D eigenvalue weighted by molar-refractivity contribution is 9.10. The zero-order chi connectivity index (χ0) is 15.6. The molecule has 0 spiro atoms. The number of methoxy groups -OCH3 is 3. The van der Waals surface area contributed by atoms with Crippen molar-refractivity contribution in [3.63, 3.8) is 0 Å². The zero-order valence-electron chi connectivity index (χ0n) is 12.0. The Morgan fingerprint density at radius 2 is 1.67 bits per heavy atom. The third-order valence-corrected chi connectivity index (χ3v) is 4.37. The molecular formula is C14H14BrClN2O3. The molecule has 1 heterocycles. The third-order valence-electron chi connectivity index (χ3n) is 2.92. The van der Waals surface area contributed by atoms with Gasteiger partial charge in [0.15, 0.2) is 17.3 Å². The molecule has 0 amide bonds. The molecule has 0 atom stereocenters. The lowest BCUT2D eigenvalue weighted by atomic mass is 10.1. The van der Waals surface area contributed by atoms with Gasteiger partial charge in [0.1, 0.15) is 5.15 Å². The number of rotatable bonds is 4. The monoisotopic (exact) mass is 372 g/mol. The Bertz CT molecular complexity index is 657. The van der Waals surface area contributed by atoms with Crippen LogP contribution in [0.15, 0.2) is 16.6 Å². The summed E-state index contributed by atoms with van der Waals surface area (Å²) < 4.78 is 16.7. The van der Waals surface area contributed by atoms with Crippen molar-refractivity contribution in [2.24, 2.45) is 0 Å². The minimum Gasteiger partial charge on any atom is -0.493 e. The number of hydrogen-bond acceptors (Lipinski definition) is 5. The van der Waals surface area contributed by atoms with Gasteiger partial charge < -0.3 is 14.2 Å². The van der Waals surface area contributed by atoms with E-state index in [1.165, 1.54) is 0 Å². The molecule has 21 heavy (non-hydrogen) atoms. The molecule has 0 aliphatic rings. The molecule has 0 saturated carbocycles. The number of nitrogens with zero attached hydrogens (tertiary/aromatic N) is 2. The summed E-state index contributed by atoms with van der Waals surface area (Å²) in [7, 11) is 4.66. The van der Waals surface area contributed by atoms with Crippen molar-refractivity contribution in [3.8, 4) is 28.6 Å². The second-order valence-electron chi connectivity index (χ2n) is 4.12. The smallest absolute Gasteiger partial charge is 0.204 e. The highest BCUT2D eigenvalue weighted by Gasteiger charge is 2.20. The Hall–Kier alpha value is -1.53. The number of hydrogen-bond donors (Lipinski definition) is 0. The molecular weight excluding hydrogens is 360 g/mol. The van der Waals surface area contributed by atoms with Crippen LogP contribution in [0.5, 0.6) is 17.2 Å². The van der Waals surface area contributed by atoms with Gasteiger partial charge in [-0.3, -0.25) is 0 Å². The molecule has 112 valence electrons. The van der Waals surface area contributed by atoms with Gasteiger partial charge in [-0.15, -0.1) is 0 Å². The minimum absolute atomic E-state index is 0.342. The van der Waals surface area contributed by atoms with Crippen molar-refractivity contribution in [1.29, 1.82) is 0 Å². The van der Waals surface area contributed by atoms with Gasteiger partial charge in [0.2, 0.25) is 5.75 Å². The van der Waals surface area contributed by atoms with Gasteiger partial charge >= 0.3 is 0 Å². The van der Waals surface area contributed by atoms with Gasteiger partial charge in [-0.05, 0) is 35.0 Å². The van der Waals surface area contributed by atoms with Crippen LogP contribution in [0.4, 0.5) is 0 Å². The largest absolute Gasteiger partial charge is 0.493 e. The first kappa shape index (κ1) is 15.9. The fourth-order valence-corrected chi connectivity index (χ4v) is 2.32. The molecule has 0 aliphatic heterocycles. The topological polar surface area (TPSA) is 53.5 Å². The van der Waals surface area contributed by atoms with Crippen LogP contribution in [0.1, 0.15) is 5.69 Å². The lowest BCUT2D eigenvalue weighted by Gasteiger charge is -2.15. The minimum atomic E-state index is 0.342. The maximum atomic E-state index is 6.10. The van der Waals surface area contributed by atoms with E-state index in [1.54, 1.807) is 33.5 Å². The van der Waals surface area contributed by atoms with Crippen LogP contribution in [0, 0.1) is 6.92 Å². The van der Waals surface area contributed by atoms with Gasteiger partial charge in [0.05, 0.1) is 37.1 Å². The summed E-state index contributed by atoms with van der Waals surface area (Å²) in [6.45, 7) is 1.84. The van der Waals surface area contributed by atoms with E-state index < -0.39 is 0 Å². The molecule has 0 saturated heterocycles. The molecule has 0 unspecified atom stereocenters. The van der Waals surface area contributed by atoms with Crippen molar-refractivity contribution >= 4 is 27.5 Å². The Balaban J connectivity index is 2.69. The van der Waals surface area contributed by atoms with Crippen molar-refractivity contribution in [2.45, 2.75) is 6.92 Å². The van der Waals surface area contributed by atoms with Crippen LogP contribution in [0.2, 0.25) is 5.15 Å². The second kappa shape index (κ2) is 6.49. The standard InChI is InChI=1S/C14H14BrClN2O3/c1-7-10(15)13(16)18-14(17-7)8-5-6-9(19-2)12(21-4)11(8)20-3/h5-6H,1-4H3. The fourth-order valence-electron chi connectivity index (χ4n) is 1.92. The van der Waals surface area contributed by atoms with E-state index in [9.17, 15) is 0 Å². The van der Waals surface area contributed by atoms with Gasteiger partial charge in [-0.1, -0.05) is 11.6 Å². The van der Waals surface area contributed by atoms with Crippen molar-refractivity contribution in [1.82, 2.24) is 9.97 Å². The predicted octanol–water partition coefficient (Wildman–Crippen LogP) is 3.89. The molecule has 1 aromatic carbocycles. The maximum Gasteiger partial charge on any atom is 0.204 e. The fraction of sp³-hybridized carbons (Fsp3) is 0.286. The lowest BCUT2D eigenvalue weighted by molar-refractivity contribution is 0.325. The van der Waals surface area contributed by atoms with Crippen LogP contribution >= 0.6 is 27.5 Å². The predicted molar refractivity (Wildman–Crippen MR) is 84.6 cm³/mol. The van der Waals surface area contributed by atoms with Crippen molar-refractivity contribution in [3.05, 3.63) is 27.5 Å². The average molecular weight is 374 g/mol. The van der Waals surface area contributed by atoms with Crippen LogP contribution in [-0.2, 0) is 0 Å². The third kappa shape index (κ3) is 2.91. The van der Waals surface area contributed by atoms with Crippen LogP contribution in [0.3, 0.4) is 0 Å². The van der Waals surface area contributed by atoms with Crippen molar-refractivity contribution < 1.29 is 14.2 Å². The first-order valence-corrected chi connectivity index (χ1v) is 7.19. The quantitative estimate of drug-likeness (QED) is 0.761. The summed E-state index contributed by atoms with van der Waals surface area (Å²) in [5, 5.41) is 0.342. The summed E-state index contributed by atoms with van der Waals surface area (Å²) >= 11 is 9.44. The van der Waals surface area contributed by atoms with E-state index in [-0.39, 0.29) is 0 Å². The maximum absolute atomic E-state index is 6.10. The summed E-state index contributed by atoms with van der Waals surface area (Å²) in [4.78, 5) is 8.70. The first-order valence-electron chi connectivity index (χ1n) is 6.02. The summed E-state index contributed by atoms with van der Waals surface area (Å²) in [6.07, 6.45) is 0. The lowest BCUT2D eigenvalue weighted by Crippen LogP contribution is -2.00. The number of ether oxygens (including phenoxy) is 3. The molecule has 0 fully saturated rings. The SMILES string of the molecule is COc1ccc(-c2nc(C)c(Br)c(Cl)n2)c(OC)c1OC. The number of aromatic nitrogens is 2. The van der Waals surface area contributed by atoms with E-state index >= 15 is 0 Å². The molecule has 2 rings (SSSR count). The second-order valence-corrected chi connectivity index (χ2v) is 5.27. The van der Waals surface area contributed by atoms with E-state index in [1.807, 2.05) is 6.92 Å². The van der Waals surface area contributed by atoms with Gasteiger partial charge in [0.25, 0.3) is 0 Å². The summed E-state index contributed by atoms with van der Waals surface area (Å²) in [5.74, 6) is 2.00. The van der Waals surface area contributed by atoms with Crippen LogP contribution in [0.25, 0.3) is 11.4 Å². The number of halogens is 2. The normalized spacial score (nSPS) is 10.4. The average Bonchev–Trinajstić information content (AvgIpc) is 2.50. The van der Waals surface area contributed by atoms with Gasteiger partial charge in [-0.2, -0.15) is 0 Å². The summed E-state index contributed by atoms with van der Waals surface area (Å²) in [6, 6.07) is 3.57. The van der Waals surface area contributed by atoms with E-state index in [0.29, 0.717) is 38.3 Å². The number of benzene rings is 1. The number of aryl methyl sites for hydroxylation is 1. The Labute approximate surface area is 136 Å². The molecule has 0 N–H and O–H groups in total. The van der Waals surface area contributed by atoms with Gasteiger partial charge in [0, 0.05) is 0 Å². The highest BCUT2D eigenvalue weighted by Crippen LogP contribution is 2.43. The van der Waals surface area contributed by atoms with E-state index in [2.05, 4.69) is 25.9 Å². The summed E-state index contributed by atoms with van der Waals surface area (Å²) in [5.41, 5.74) is 1.41. The Morgan fingerprint density at radius 3 is 2.19 bits per heavy atom. The Kier molecular flexibility index (Phi) is 4.90. The zero-order valence-corrected chi connectivity index (χ0v) is 14.4. The molecule has 0 radical (unpaired) electrons. The van der Waals surface area contributed by atoms with E-state index in [4.69, 9.17) is 25.8 Å².